The maximum Gasteiger partial charge on any atom is 0.352 e. The lowest BCUT2D eigenvalue weighted by molar-refractivity contribution is -0.297. The van der Waals surface area contributed by atoms with E-state index >= 15 is 0 Å². The monoisotopic (exact) mass is 201 g/mol. The summed E-state index contributed by atoms with van der Waals surface area (Å²) < 4.78 is 0. The van der Waals surface area contributed by atoms with Gasteiger partial charge in [0.2, 0.25) is 0 Å². The highest BCUT2D eigenvalue weighted by Gasteiger charge is 2.26. The first-order valence-corrected chi connectivity index (χ1v) is 3.44. The smallest absolute Gasteiger partial charge is 0.352 e. The molecule has 0 unspecified atom stereocenters. The van der Waals surface area contributed by atoms with Gasteiger partial charge in [0.05, 0.1) is 5.53 Å². The molecule has 1 aliphatic rings. The summed E-state index contributed by atoms with van der Waals surface area (Å²) in [5, 5.41) is 17.8. The molecule has 1 heterocycles. The molecule has 0 spiro atoms. The zero-order valence-electron chi connectivity index (χ0n) is 6.97. The first-order valence-electron chi connectivity index (χ1n) is 3.44. The van der Waals surface area contributed by atoms with Gasteiger partial charge in [0.15, 0.2) is 5.97 Å². The van der Waals surface area contributed by atoms with Crippen molar-refractivity contribution in [1.82, 2.24) is 5.06 Å². The number of rotatable bonds is 1. The number of aliphatic carboxylic acids is 1. The lowest BCUT2D eigenvalue weighted by Gasteiger charge is -1.98. The molecule has 8 nitrogen and oxygen atoms in total. The third-order valence-corrected chi connectivity index (χ3v) is 1.20. The maximum atomic E-state index is 10.2. The molecule has 0 aromatic carbocycles. The highest BCUT2D eigenvalue weighted by Crippen LogP contribution is 2.06. The number of imide groups is 1. The van der Waals surface area contributed by atoms with Crippen molar-refractivity contribution >= 4 is 24.0 Å². The molecule has 76 valence electrons. The van der Waals surface area contributed by atoms with Crippen molar-refractivity contribution in [3.63, 3.8) is 0 Å². The Morgan fingerprint density at radius 3 is 2.00 bits per heavy atom. The molecule has 0 atom stereocenters. The van der Waals surface area contributed by atoms with E-state index in [1.54, 1.807) is 0 Å². The molecule has 1 fully saturated rings. The van der Waals surface area contributed by atoms with Gasteiger partial charge in [-0.1, -0.05) is 0 Å². The molecule has 14 heavy (non-hydrogen) atoms. The van der Waals surface area contributed by atoms with E-state index < -0.39 is 17.8 Å². The van der Waals surface area contributed by atoms with Gasteiger partial charge < -0.3 is 9.90 Å². The number of carboxylic acids is 1. The number of carbonyl (C=O) groups excluding carboxylic acids is 3. The van der Waals surface area contributed by atoms with Gasteiger partial charge in [0.1, 0.15) is 0 Å². The maximum absolute atomic E-state index is 10.2. The van der Waals surface area contributed by atoms with Gasteiger partial charge in [-0.15, -0.1) is 0 Å². The van der Waals surface area contributed by atoms with Crippen LogP contribution in [0.5, 0.6) is 0 Å². The van der Waals surface area contributed by atoms with Gasteiger partial charge in [-0.25, -0.2) is 0 Å². The fraction of sp³-hybridized carbons (Fsp3) is 0.333. The molecule has 0 radical (unpaired) electrons. The van der Waals surface area contributed by atoms with Crippen LogP contribution in [0.25, 0.3) is 0 Å². The van der Waals surface area contributed by atoms with Gasteiger partial charge in [-0.3, -0.25) is 14.8 Å². The van der Waals surface area contributed by atoms with Crippen LogP contribution in [-0.4, -0.2) is 39.1 Å². The van der Waals surface area contributed by atoms with Crippen LogP contribution in [0.4, 0.5) is 0 Å². The molecule has 1 rings (SSSR count). The molecule has 1 aliphatic heterocycles. The van der Waals surface area contributed by atoms with Crippen LogP contribution >= 0.6 is 0 Å². The molecular formula is C6H7N3O5. The van der Waals surface area contributed by atoms with Crippen molar-refractivity contribution in [3.05, 3.63) is 0 Å². The van der Waals surface area contributed by atoms with Crippen LogP contribution in [0.3, 0.4) is 0 Å². The number of carboxylic acid groups (broad SMARTS) is 1. The average molecular weight is 201 g/mol. The fourth-order valence-corrected chi connectivity index (χ4v) is 0.617. The van der Waals surface area contributed by atoms with Crippen molar-refractivity contribution in [2.75, 3.05) is 0 Å². The van der Waals surface area contributed by atoms with E-state index in [0.717, 1.165) is 0 Å². The van der Waals surface area contributed by atoms with Gasteiger partial charge in [0, 0.05) is 17.6 Å². The van der Waals surface area contributed by atoms with Crippen molar-refractivity contribution in [2.24, 2.45) is 0 Å². The van der Waals surface area contributed by atoms with Crippen LogP contribution in [-0.2, 0) is 14.4 Å². The molecule has 0 saturated carbocycles. The molecule has 1 saturated heterocycles. The largest absolute Gasteiger partial charge is 0.539 e. The third kappa shape index (κ3) is 4.10. The molecule has 2 amide bonds. The summed E-state index contributed by atoms with van der Waals surface area (Å²) in [4.78, 5) is 32.1. The lowest BCUT2D eigenvalue weighted by Crippen LogP contribution is -2.24. The van der Waals surface area contributed by atoms with Gasteiger partial charge in [-0.2, -0.15) is 5.06 Å². The van der Waals surface area contributed by atoms with E-state index in [0.29, 0.717) is 6.21 Å². The predicted octanol–water partition coefficient (Wildman–Crippen LogP) is -2.43. The summed E-state index contributed by atoms with van der Waals surface area (Å²) in [6.45, 7) is 0. The Balaban J connectivity index is 0.000000255. The van der Waals surface area contributed by atoms with Crippen LogP contribution in [0, 0.1) is 5.53 Å². The Bertz CT molecular complexity index is 291. The molecule has 2 N–H and O–H groups in total. The first kappa shape index (κ1) is 11.9. The molecule has 0 aromatic heterocycles. The van der Waals surface area contributed by atoms with E-state index in [1.165, 1.54) is 0 Å². The van der Waals surface area contributed by atoms with Crippen LogP contribution in [0.1, 0.15) is 12.8 Å². The quantitative estimate of drug-likeness (QED) is 0.160. The minimum absolute atomic E-state index is 0.148. The van der Waals surface area contributed by atoms with Crippen molar-refractivity contribution in [1.29, 1.82) is 5.53 Å². The van der Waals surface area contributed by atoms with E-state index in [9.17, 15) is 19.5 Å². The van der Waals surface area contributed by atoms with E-state index in [4.69, 9.17) is 10.7 Å². The SMILES string of the molecule is N=[N+]=CC(=O)[O-].O=C1CCC(=O)N1O. The second-order valence-electron chi connectivity index (χ2n) is 2.18. The van der Waals surface area contributed by atoms with E-state index in [-0.39, 0.29) is 17.9 Å². The van der Waals surface area contributed by atoms with Gasteiger partial charge >= 0.3 is 6.21 Å². The molecule has 0 bridgehead atoms. The highest BCUT2D eigenvalue weighted by molar-refractivity contribution is 6.18. The van der Waals surface area contributed by atoms with Gasteiger partial charge in [-0.05, 0) is 0 Å². The minimum atomic E-state index is -1.44. The van der Waals surface area contributed by atoms with Gasteiger partial charge in [0.25, 0.3) is 11.8 Å². The Hall–Kier alpha value is -2.05. The molecule has 8 heteroatoms. The number of nitrogens with one attached hydrogen (secondary N) is 1. The number of amides is 2. The molecule has 0 aromatic rings. The molecule has 0 aliphatic carbocycles. The Labute approximate surface area is 77.9 Å². The minimum Gasteiger partial charge on any atom is -0.539 e. The second kappa shape index (κ2) is 5.57. The highest BCUT2D eigenvalue weighted by atomic mass is 16.5. The summed E-state index contributed by atoms with van der Waals surface area (Å²) in [7, 11) is 0. The topological polar surface area (TPSA) is 136 Å². The normalized spacial score (nSPS) is 14.2. The summed E-state index contributed by atoms with van der Waals surface area (Å²) >= 11 is 0. The lowest BCUT2D eigenvalue weighted by atomic mass is 10.4. The second-order valence-corrected chi connectivity index (χ2v) is 2.18. The average Bonchev–Trinajstić information content (AvgIpc) is 2.37. The van der Waals surface area contributed by atoms with Crippen LogP contribution in [0.15, 0.2) is 0 Å². The Morgan fingerprint density at radius 2 is 1.93 bits per heavy atom. The summed E-state index contributed by atoms with van der Waals surface area (Å²) in [6, 6.07) is 0. The number of hydrogen-bond acceptors (Lipinski definition) is 6. The Morgan fingerprint density at radius 1 is 1.50 bits per heavy atom. The van der Waals surface area contributed by atoms with Crippen molar-refractivity contribution in [2.45, 2.75) is 12.8 Å². The third-order valence-electron chi connectivity index (χ3n) is 1.20. The Kier molecular flexibility index (Phi) is 4.76. The van der Waals surface area contributed by atoms with Crippen molar-refractivity contribution in [3.8, 4) is 0 Å². The zero-order chi connectivity index (χ0) is 11.1. The van der Waals surface area contributed by atoms with Crippen molar-refractivity contribution < 1.29 is 29.5 Å². The van der Waals surface area contributed by atoms with E-state index in [2.05, 4.69) is 4.79 Å². The van der Waals surface area contributed by atoms with Crippen LogP contribution in [0.2, 0.25) is 0 Å². The summed E-state index contributed by atoms with van der Waals surface area (Å²) in [5.41, 5.74) is 5.88. The number of nitrogens with zero attached hydrogens (tertiary/aromatic N) is 2. The standard InChI is InChI=1S/C4H5NO3.C2H2N2O2/c6-3-1-2-4(7)5(3)8;3-4-1-2(5)6/h8H,1-2H2;1,3H. The zero-order valence-corrected chi connectivity index (χ0v) is 6.97. The summed E-state index contributed by atoms with van der Waals surface area (Å²) in [6.07, 6.45) is 0.685. The van der Waals surface area contributed by atoms with E-state index in [1.807, 2.05) is 0 Å². The predicted molar refractivity (Wildman–Crippen MR) is 36.9 cm³/mol. The first-order chi connectivity index (χ1) is 6.49. The molecular weight excluding hydrogens is 194 g/mol. The number of carbonyl (C=O) groups is 3. The number of hydrogen-bond donors (Lipinski definition) is 2. The van der Waals surface area contributed by atoms with Crippen LogP contribution < -0.4 is 5.11 Å². The summed E-state index contributed by atoms with van der Waals surface area (Å²) in [5.74, 6) is -2.45. The number of hydroxylamine groups is 2. The fourth-order valence-electron chi connectivity index (χ4n) is 0.617.